The number of methoxy groups -OCH3 is 1. The van der Waals surface area contributed by atoms with Crippen molar-refractivity contribution in [3.63, 3.8) is 0 Å². The van der Waals surface area contributed by atoms with Crippen LogP contribution in [0.2, 0.25) is 0 Å². The molecule has 35 heavy (non-hydrogen) atoms. The minimum absolute atomic E-state index is 0.0282. The van der Waals surface area contributed by atoms with Crippen LogP contribution >= 0.6 is 0 Å². The van der Waals surface area contributed by atoms with Crippen LogP contribution in [0.4, 0.5) is 5.69 Å². The van der Waals surface area contributed by atoms with Gasteiger partial charge in [-0.2, -0.15) is 0 Å². The summed E-state index contributed by atoms with van der Waals surface area (Å²) < 4.78 is 4.55. The highest BCUT2D eigenvalue weighted by Gasteiger charge is 2.19. The molecule has 0 heterocycles. The molecule has 0 aliphatic rings. The summed E-state index contributed by atoms with van der Waals surface area (Å²) in [7, 11) is 1.30. The first-order valence-electron chi connectivity index (χ1n) is 12.7. The normalized spacial score (nSPS) is 9.60. The Kier molecular flexibility index (Phi) is 16.6. The molecular formula is C29H44N2O4. The number of hydrogen-bond acceptors (Lipinski definition) is 4. The van der Waals surface area contributed by atoms with Gasteiger partial charge in [-0.3, -0.25) is 14.4 Å². The standard InChI is InChI=1S/C25H32N2O4.2C2H6/c1-5-6-15-27(22-10-8-7-9-18(22)2)25(30)20-11-12-21(19(3)16-20)17-26-23(28)13-14-24(29)31-4;2*1-2/h7-12,16H,5-6,13-15,17H2,1-4H3,(H,26,28);2*1-2H3. The lowest BCUT2D eigenvalue weighted by molar-refractivity contribution is -0.142. The van der Waals surface area contributed by atoms with Gasteiger partial charge in [-0.1, -0.05) is 65.3 Å². The number of nitrogens with zero attached hydrogens (tertiary/aromatic N) is 1. The molecule has 0 saturated carbocycles. The first kappa shape index (κ1) is 31.9. The van der Waals surface area contributed by atoms with Crippen LogP contribution < -0.4 is 10.2 Å². The molecule has 2 amide bonds. The number of unbranched alkanes of at least 4 members (excludes halogenated alkanes) is 1. The Morgan fingerprint density at radius 3 is 2.14 bits per heavy atom. The molecule has 0 radical (unpaired) electrons. The summed E-state index contributed by atoms with van der Waals surface area (Å²) in [5.74, 6) is -0.648. The second-order valence-electron chi connectivity index (χ2n) is 7.59. The van der Waals surface area contributed by atoms with Crippen molar-refractivity contribution in [3.8, 4) is 0 Å². The van der Waals surface area contributed by atoms with E-state index in [1.54, 1.807) is 0 Å². The smallest absolute Gasteiger partial charge is 0.306 e. The lowest BCUT2D eigenvalue weighted by atomic mass is 10.0. The van der Waals surface area contributed by atoms with E-state index in [0.717, 1.165) is 35.2 Å². The van der Waals surface area contributed by atoms with Crippen LogP contribution in [0, 0.1) is 13.8 Å². The van der Waals surface area contributed by atoms with Crippen molar-refractivity contribution < 1.29 is 19.1 Å². The number of carbonyl (C=O) groups is 3. The molecule has 6 heteroatoms. The minimum Gasteiger partial charge on any atom is -0.469 e. The number of anilines is 1. The molecule has 0 aliphatic heterocycles. The summed E-state index contributed by atoms with van der Waals surface area (Å²) in [4.78, 5) is 38.2. The third-order valence-electron chi connectivity index (χ3n) is 5.24. The lowest BCUT2D eigenvalue weighted by Gasteiger charge is -2.25. The maximum absolute atomic E-state index is 13.3. The Hall–Kier alpha value is -3.15. The van der Waals surface area contributed by atoms with Crippen LogP contribution in [-0.2, 0) is 20.9 Å². The summed E-state index contributed by atoms with van der Waals surface area (Å²) >= 11 is 0. The molecular weight excluding hydrogens is 440 g/mol. The Morgan fingerprint density at radius 1 is 0.914 bits per heavy atom. The van der Waals surface area contributed by atoms with E-state index >= 15 is 0 Å². The molecule has 0 spiro atoms. The first-order chi connectivity index (χ1) is 16.9. The van der Waals surface area contributed by atoms with Crippen molar-refractivity contribution in [1.82, 2.24) is 5.32 Å². The summed E-state index contributed by atoms with van der Waals surface area (Å²) in [6.07, 6.45) is 2.07. The summed E-state index contributed by atoms with van der Waals surface area (Å²) in [6.45, 7) is 15.1. The maximum Gasteiger partial charge on any atom is 0.306 e. The largest absolute Gasteiger partial charge is 0.469 e. The lowest BCUT2D eigenvalue weighted by Crippen LogP contribution is -2.32. The van der Waals surface area contributed by atoms with Gasteiger partial charge in [0.05, 0.1) is 13.5 Å². The second kappa shape index (κ2) is 18.2. The monoisotopic (exact) mass is 484 g/mol. The van der Waals surface area contributed by atoms with Gasteiger partial charge in [0.1, 0.15) is 0 Å². The van der Waals surface area contributed by atoms with Gasteiger partial charge in [0.2, 0.25) is 5.91 Å². The molecule has 0 fully saturated rings. The average Bonchev–Trinajstić information content (AvgIpc) is 2.89. The zero-order chi connectivity index (χ0) is 26.8. The highest BCUT2D eigenvalue weighted by molar-refractivity contribution is 6.06. The van der Waals surface area contributed by atoms with E-state index in [0.29, 0.717) is 18.7 Å². The number of para-hydroxylation sites is 1. The fourth-order valence-electron chi connectivity index (χ4n) is 3.30. The average molecular weight is 485 g/mol. The van der Waals surface area contributed by atoms with Crippen LogP contribution in [0.15, 0.2) is 42.5 Å². The molecule has 2 rings (SSSR count). The minimum atomic E-state index is -0.407. The highest BCUT2D eigenvalue weighted by atomic mass is 16.5. The topological polar surface area (TPSA) is 75.7 Å². The zero-order valence-electron chi connectivity index (χ0n) is 22.9. The van der Waals surface area contributed by atoms with Gasteiger partial charge in [0.25, 0.3) is 5.91 Å². The van der Waals surface area contributed by atoms with Crippen molar-refractivity contribution in [3.05, 3.63) is 64.7 Å². The van der Waals surface area contributed by atoms with Crippen LogP contribution in [0.1, 0.15) is 87.4 Å². The molecule has 0 aromatic heterocycles. The van der Waals surface area contributed by atoms with E-state index in [4.69, 9.17) is 0 Å². The molecule has 2 aromatic carbocycles. The third kappa shape index (κ3) is 10.8. The first-order valence-corrected chi connectivity index (χ1v) is 12.7. The van der Waals surface area contributed by atoms with Crippen molar-refractivity contribution in [2.24, 2.45) is 0 Å². The van der Waals surface area contributed by atoms with E-state index in [1.165, 1.54) is 7.11 Å². The molecule has 0 aliphatic carbocycles. The fourth-order valence-corrected chi connectivity index (χ4v) is 3.30. The number of esters is 1. The number of amides is 2. The Balaban J connectivity index is 0.00000274. The molecule has 6 nitrogen and oxygen atoms in total. The highest BCUT2D eigenvalue weighted by Crippen LogP contribution is 2.23. The molecule has 0 bridgehead atoms. The predicted octanol–water partition coefficient (Wildman–Crippen LogP) is 6.37. The van der Waals surface area contributed by atoms with Gasteiger partial charge in [-0.05, 0) is 55.2 Å². The number of hydrogen-bond donors (Lipinski definition) is 1. The molecule has 0 unspecified atom stereocenters. The molecule has 0 atom stereocenters. The summed E-state index contributed by atoms with van der Waals surface area (Å²) in [5, 5.41) is 2.81. The van der Waals surface area contributed by atoms with Crippen LogP contribution in [0.3, 0.4) is 0 Å². The molecule has 194 valence electrons. The molecule has 2 aromatic rings. The van der Waals surface area contributed by atoms with Gasteiger partial charge in [0, 0.05) is 30.8 Å². The number of benzene rings is 2. The third-order valence-corrected chi connectivity index (χ3v) is 5.24. The second-order valence-corrected chi connectivity index (χ2v) is 7.59. The summed E-state index contributed by atoms with van der Waals surface area (Å²) in [5.41, 5.74) is 4.48. The van der Waals surface area contributed by atoms with Crippen molar-refractivity contribution in [2.75, 3.05) is 18.6 Å². The van der Waals surface area contributed by atoms with Crippen LogP contribution in [0.5, 0.6) is 0 Å². The fraction of sp³-hybridized carbons (Fsp3) is 0.483. The Labute approximate surface area is 212 Å². The van der Waals surface area contributed by atoms with Gasteiger partial charge in [-0.25, -0.2) is 0 Å². The van der Waals surface area contributed by atoms with E-state index in [9.17, 15) is 14.4 Å². The number of aryl methyl sites for hydroxylation is 2. The van der Waals surface area contributed by atoms with Crippen molar-refractivity contribution in [2.45, 2.75) is 80.7 Å². The quantitative estimate of drug-likeness (QED) is 0.398. The predicted molar refractivity (Wildman–Crippen MR) is 145 cm³/mol. The summed E-state index contributed by atoms with van der Waals surface area (Å²) in [6, 6.07) is 13.5. The van der Waals surface area contributed by atoms with E-state index in [2.05, 4.69) is 17.0 Å². The number of ether oxygens (including phenoxy) is 1. The van der Waals surface area contributed by atoms with E-state index < -0.39 is 5.97 Å². The van der Waals surface area contributed by atoms with Crippen molar-refractivity contribution >= 4 is 23.5 Å². The zero-order valence-corrected chi connectivity index (χ0v) is 22.9. The van der Waals surface area contributed by atoms with E-state index in [1.807, 2.05) is 88.9 Å². The van der Waals surface area contributed by atoms with Crippen LogP contribution in [-0.4, -0.2) is 31.4 Å². The van der Waals surface area contributed by atoms with Gasteiger partial charge in [-0.15, -0.1) is 0 Å². The number of carbonyl (C=O) groups excluding carboxylic acids is 3. The van der Waals surface area contributed by atoms with Gasteiger partial charge < -0.3 is 15.0 Å². The SMILES string of the molecule is CC.CC.CCCCN(C(=O)c1ccc(CNC(=O)CCC(=O)OC)c(C)c1)c1ccccc1C. The van der Waals surface area contributed by atoms with Gasteiger partial charge >= 0.3 is 5.97 Å². The van der Waals surface area contributed by atoms with Crippen LogP contribution in [0.25, 0.3) is 0 Å². The Morgan fingerprint density at radius 2 is 1.57 bits per heavy atom. The Bertz CT molecular complexity index is 925. The maximum atomic E-state index is 13.3. The van der Waals surface area contributed by atoms with E-state index in [-0.39, 0.29) is 24.7 Å². The van der Waals surface area contributed by atoms with Crippen molar-refractivity contribution in [1.29, 1.82) is 0 Å². The number of rotatable bonds is 10. The molecule has 0 saturated heterocycles. The number of nitrogens with one attached hydrogen (secondary N) is 1. The molecule has 1 N–H and O–H groups in total. The van der Waals surface area contributed by atoms with Gasteiger partial charge in [0.15, 0.2) is 0 Å².